The molecule has 2 atom stereocenters. The van der Waals surface area contributed by atoms with E-state index in [0.717, 1.165) is 36.5 Å². The smallest absolute Gasteiger partial charge is 0.115 e. The maximum Gasteiger partial charge on any atom is 0.115 e. The van der Waals surface area contributed by atoms with E-state index in [1.165, 1.54) is 24.8 Å². The zero-order valence-electron chi connectivity index (χ0n) is 14.0. The van der Waals surface area contributed by atoms with Gasteiger partial charge < -0.3 is 4.74 Å². The molecule has 0 saturated carbocycles. The molecule has 1 aliphatic rings. The van der Waals surface area contributed by atoms with Crippen molar-refractivity contribution in [3.05, 3.63) is 34.3 Å². The first-order valence-electron chi connectivity index (χ1n) is 8.24. The van der Waals surface area contributed by atoms with E-state index < -0.39 is 0 Å². The average Bonchev–Trinajstić information content (AvgIpc) is 2.51. The Bertz CT molecular complexity index is 447. The second-order valence-corrected chi connectivity index (χ2v) is 6.60. The van der Waals surface area contributed by atoms with Crippen LogP contribution in [-0.2, 0) is 11.2 Å². The van der Waals surface area contributed by atoms with Crippen molar-refractivity contribution in [3.63, 3.8) is 0 Å². The Morgan fingerprint density at radius 1 is 1.23 bits per heavy atom. The van der Waals surface area contributed by atoms with Gasteiger partial charge in [-0.15, -0.1) is 12.4 Å². The summed E-state index contributed by atoms with van der Waals surface area (Å²) in [5.74, 6) is 0. The molecule has 0 radical (unpaired) electrons. The highest BCUT2D eigenvalue weighted by Gasteiger charge is 2.23. The molecule has 126 valence electrons. The Hall–Kier alpha value is -0.280. The molecule has 0 amide bonds. The normalized spacial score (nSPS) is 18.5. The van der Waals surface area contributed by atoms with Gasteiger partial charge >= 0.3 is 0 Å². The quantitative estimate of drug-likeness (QED) is 0.698. The van der Waals surface area contributed by atoms with E-state index in [9.17, 15) is 0 Å². The first-order valence-corrected chi connectivity index (χ1v) is 8.62. The maximum atomic E-state index is 6.31. The number of rotatable bonds is 6. The fraction of sp³-hybridized carbons (Fsp3) is 0.667. The maximum absolute atomic E-state index is 6.31. The second kappa shape index (κ2) is 9.77. The van der Waals surface area contributed by atoms with Gasteiger partial charge in [0, 0.05) is 24.5 Å². The second-order valence-electron chi connectivity index (χ2n) is 6.19. The SMILES string of the molecule is CCC(C)OC(Cc1ccc(Cl)c(C)c1)N1CCCCC1.Cl. The zero-order valence-corrected chi connectivity index (χ0v) is 15.6. The lowest BCUT2D eigenvalue weighted by Gasteiger charge is -2.36. The minimum absolute atomic E-state index is 0. The molecule has 1 aliphatic heterocycles. The predicted octanol–water partition coefficient (Wildman–Crippen LogP) is 5.24. The Labute approximate surface area is 146 Å². The van der Waals surface area contributed by atoms with Gasteiger partial charge in [-0.2, -0.15) is 0 Å². The number of nitrogens with zero attached hydrogens (tertiary/aromatic N) is 1. The highest BCUT2D eigenvalue weighted by molar-refractivity contribution is 6.31. The molecule has 0 spiro atoms. The Morgan fingerprint density at radius 3 is 2.50 bits per heavy atom. The van der Waals surface area contributed by atoms with Gasteiger partial charge in [0.05, 0.1) is 6.10 Å². The Balaban J connectivity index is 0.00000242. The predicted molar refractivity (Wildman–Crippen MR) is 97.2 cm³/mol. The number of aryl methyl sites for hydroxylation is 1. The molecule has 1 saturated heterocycles. The topological polar surface area (TPSA) is 12.5 Å². The van der Waals surface area contributed by atoms with Crippen LogP contribution in [0.2, 0.25) is 5.02 Å². The van der Waals surface area contributed by atoms with Crippen molar-refractivity contribution in [2.24, 2.45) is 0 Å². The lowest BCUT2D eigenvalue weighted by molar-refractivity contribution is -0.0993. The van der Waals surface area contributed by atoms with Crippen LogP contribution in [0.15, 0.2) is 18.2 Å². The van der Waals surface area contributed by atoms with Crippen LogP contribution in [0.3, 0.4) is 0 Å². The van der Waals surface area contributed by atoms with E-state index >= 15 is 0 Å². The molecule has 0 aromatic heterocycles. The van der Waals surface area contributed by atoms with E-state index in [1.54, 1.807) is 0 Å². The monoisotopic (exact) mass is 345 g/mol. The van der Waals surface area contributed by atoms with Crippen LogP contribution in [0, 0.1) is 6.92 Å². The first kappa shape index (κ1) is 19.8. The summed E-state index contributed by atoms with van der Waals surface area (Å²) in [6.07, 6.45) is 6.45. The number of hydrogen-bond acceptors (Lipinski definition) is 2. The van der Waals surface area contributed by atoms with E-state index in [1.807, 2.05) is 6.07 Å². The number of benzene rings is 1. The fourth-order valence-electron chi connectivity index (χ4n) is 2.87. The molecule has 2 rings (SSSR count). The summed E-state index contributed by atoms with van der Waals surface area (Å²) >= 11 is 6.13. The van der Waals surface area contributed by atoms with Gasteiger partial charge in [-0.3, -0.25) is 4.90 Å². The largest absolute Gasteiger partial charge is 0.360 e. The molecular weight excluding hydrogens is 317 g/mol. The van der Waals surface area contributed by atoms with Crippen LogP contribution in [0.5, 0.6) is 0 Å². The van der Waals surface area contributed by atoms with Crippen LogP contribution in [0.25, 0.3) is 0 Å². The standard InChI is InChI=1S/C18H28ClNO.ClH/c1-4-15(3)21-18(20-10-6-5-7-11-20)13-16-8-9-17(19)14(2)12-16;/h8-9,12,15,18H,4-7,10-11,13H2,1-3H3;1H. The third kappa shape index (κ3) is 5.73. The summed E-state index contributed by atoms with van der Waals surface area (Å²) in [5, 5.41) is 0.844. The van der Waals surface area contributed by atoms with Crippen molar-refractivity contribution in [1.82, 2.24) is 4.90 Å². The van der Waals surface area contributed by atoms with Gasteiger partial charge in [0.15, 0.2) is 0 Å². The lowest BCUT2D eigenvalue weighted by atomic mass is 10.1. The lowest BCUT2D eigenvalue weighted by Crippen LogP contribution is -2.43. The fourth-order valence-corrected chi connectivity index (χ4v) is 2.99. The minimum atomic E-state index is 0. The van der Waals surface area contributed by atoms with E-state index in [4.69, 9.17) is 16.3 Å². The molecule has 2 unspecified atom stereocenters. The van der Waals surface area contributed by atoms with Crippen LogP contribution in [0.1, 0.15) is 50.7 Å². The molecule has 4 heteroatoms. The summed E-state index contributed by atoms with van der Waals surface area (Å²) < 4.78 is 6.31. The van der Waals surface area contributed by atoms with Crippen molar-refractivity contribution in [2.75, 3.05) is 13.1 Å². The molecule has 0 aliphatic carbocycles. The number of piperidine rings is 1. The highest BCUT2D eigenvalue weighted by atomic mass is 35.5. The van der Waals surface area contributed by atoms with Crippen LogP contribution < -0.4 is 0 Å². The molecule has 1 fully saturated rings. The highest BCUT2D eigenvalue weighted by Crippen LogP contribution is 2.21. The molecular formula is C18H29Cl2NO. The van der Waals surface area contributed by atoms with Crippen molar-refractivity contribution >= 4 is 24.0 Å². The Kier molecular flexibility index (Phi) is 8.78. The summed E-state index contributed by atoms with van der Waals surface area (Å²) in [5.41, 5.74) is 2.46. The number of likely N-dealkylation sites (tertiary alicyclic amines) is 1. The van der Waals surface area contributed by atoms with E-state index in [2.05, 4.69) is 37.8 Å². The van der Waals surface area contributed by atoms with E-state index in [0.29, 0.717) is 6.10 Å². The first-order chi connectivity index (χ1) is 10.1. The van der Waals surface area contributed by atoms with Crippen molar-refractivity contribution in [1.29, 1.82) is 0 Å². The van der Waals surface area contributed by atoms with Crippen molar-refractivity contribution in [3.8, 4) is 0 Å². The van der Waals surface area contributed by atoms with Gasteiger partial charge in [-0.25, -0.2) is 0 Å². The van der Waals surface area contributed by atoms with Gasteiger partial charge in [0.2, 0.25) is 0 Å². The molecule has 1 aromatic carbocycles. The number of hydrogen-bond donors (Lipinski definition) is 0. The average molecular weight is 346 g/mol. The molecule has 1 heterocycles. The molecule has 0 bridgehead atoms. The molecule has 2 nitrogen and oxygen atoms in total. The van der Waals surface area contributed by atoms with Crippen molar-refractivity contribution in [2.45, 2.75) is 65.2 Å². The summed E-state index contributed by atoms with van der Waals surface area (Å²) in [7, 11) is 0. The van der Waals surface area contributed by atoms with Crippen LogP contribution >= 0.6 is 24.0 Å². The molecule has 22 heavy (non-hydrogen) atoms. The van der Waals surface area contributed by atoms with Gasteiger partial charge in [-0.05, 0) is 50.3 Å². The third-order valence-corrected chi connectivity index (χ3v) is 4.82. The minimum Gasteiger partial charge on any atom is -0.360 e. The Morgan fingerprint density at radius 2 is 1.91 bits per heavy atom. The van der Waals surface area contributed by atoms with Gasteiger partial charge in [-0.1, -0.05) is 37.1 Å². The molecule has 1 aromatic rings. The zero-order chi connectivity index (χ0) is 15.2. The summed E-state index contributed by atoms with van der Waals surface area (Å²) in [4.78, 5) is 2.51. The summed E-state index contributed by atoms with van der Waals surface area (Å²) in [6, 6.07) is 6.33. The van der Waals surface area contributed by atoms with Gasteiger partial charge in [0.25, 0.3) is 0 Å². The van der Waals surface area contributed by atoms with Gasteiger partial charge in [0.1, 0.15) is 6.23 Å². The number of halogens is 2. The summed E-state index contributed by atoms with van der Waals surface area (Å²) in [6.45, 7) is 8.74. The van der Waals surface area contributed by atoms with Crippen LogP contribution in [0.4, 0.5) is 0 Å². The third-order valence-electron chi connectivity index (χ3n) is 4.39. The van der Waals surface area contributed by atoms with E-state index in [-0.39, 0.29) is 18.6 Å². The van der Waals surface area contributed by atoms with Crippen molar-refractivity contribution < 1.29 is 4.74 Å². The molecule has 0 N–H and O–H groups in total. The number of ether oxygens (including phenoxy) is 1. The van der Waals surface area contributed by atoms with Crippen LogP contribution in [-0.4, -0.2) is 30.3 Å².